The number of pyridine rings is 1. The van der Waals surface area contributed by atoms with E-state index in [9.17, 15) is 13.2 Å². The first-order chi connectivity index (χ1) is 14.7. The van der Waals surface area contributed by atoms with E-state index in [0.29, 0.717) is 49.7 Å². The molecule has 3 heterocycles. The van der Waals surface area contributed by atoms with Gasteiger partial charge in [0.05, 0.1) is 30.5 Å². The summed E-state index contributed by atoms with van der Waals surface area (Å²) in [5, 5.41) is -0.0797. The molecule has 1 saturated heterocycles. The van der Waals surface area contributed by atoms with Gasteiger partial charge in [0.2, 0.25) is 15.1 Å². The number of carbonyl (C=O) groups is 1. The lowest BCUT2D eigenvalue weighted by Gasteiger charge is -2.34. The zero-order valence-corrected chi connectivity index (χ0v) is 19.1. The van der Waals surface area contributed by atoms with Crippen LogP contribution in [0.25, 0.3) is 0 Å². The van der Waals surface area contributed by atoms with Crippen LogP contribution >= 0.6 is 11.6 Å². The van der Waals surface area contributed by atoms with Crippen molar-refractivity contribution in [3.05, 3.63) is 40.9 Å². The van der Waals surface area contributed by atoms with Crippen molar-refractivity contribution in [1.29, 1.82) is 0 Å². The molecule has 1 atom stereocenters. The number of aromatic nitrogens is 3. The van der Waals surface area contributed by atoms with Crippen molar-refractivity contribution in [2.75, 3.05) is 38.8 Å². The lowest BCUT2D eigenvalue weighted by Crippen LogP contribution is -2.44. The molecule has 2 aromatic rings. The van der Waals surface area contributed by atoms with Crippen molar-refractivity contribution >= 4 is 33.2 Å². The van der Waals surface area contributed by atoms with Crippen molar-refractivity contribution in [2.45, 2.75) is 35.6 Å². The monoisotopic (exact) mass is 465 g/mol. The zero-order valence-electron chi connectivity index (χ0n) is 17.6. The third kappa shape index (κ3) is 3.88. The molecule has 4 rings (SSSR count). The molecule has 1 aliphatic carbocycles. The molecule has 0 aromatic carbocycles. The smallest absolute Gasteiger partial charge is 0.254 e. The first kappa shape index (κ1) is 21.9. The molecule has 11 heteroatoms. The van der Waals surface area contributed by atoms with Crippen molar-refractivity contribution < 1.29 is 17.9 Å². The molecule has 0 bridgehead atoms. The highest BCUT2D eigenvalue weighted by molar-refractivity contribution is 7.92. The van der Waals surface area contributed by atoms with Gasteiger partial charge >= 0.3 is 0 Å². The van der Waals surface area contributed by atoms with Crippen LogP contribution < -0.4 is 4.90 Å². The second kappa shape index (κ2) is 7.99. The van der Waals surface area contributed by atoms with Crippen molar-refractivity contribution in [2.24, 2.45) is 0 Å². The molecule has 166 valence electrons. The molecule has 31 heavy (non-hydrogen) atoms. The summed E-state index contributed by atoms with van der Waals surface area (Å²) < 4.78 is 31.3. The van der Waals surface area contributed by atoms with Crippen LogP contribution in [-0.4, -0.2) is 74.1 Å². The number of anilines is 1. The van der Waals surface area contributed by atoms with E-state index in [4.69, 9.17) is 16.3 Å². The third-order valence-corrected chi connectivity index (χ3v) is 8.30. The van der Waals surface area contributed by atoms with Gasteiger partial charge in [0.1, 0.15) is 10.6 Å². The number of hydrogen-bond donors (Lipinski definition) is 0. The van der Waals surface area contributed by atoms with Gasteiger partial charge in [-0.1, -0.05) is 0 Å². The van der Waals surface area contributed by atoms with E-state index < -0.39 is 14.6 Å². The fourth-order valence-corrected chi connectivity index (χ4v) is 5.79. The highest BCUT2D eigenvalue weighted by Crippen LogP contribution is 2.54. The standard InChI is InChI=1S/C20H24ClN5O4S/c1-13-12-30-9-8-26(13)16-10-15(23-19(21)24-16)20(6-7-20)31(28,29)17-5-4-14(11-22-17)18(27)25(2)3/h4-5,10-11,13H,6-9,12H2,1-3H3/t13-/m0/s1. The molecule has 0 radical (unpaired) electrons. The summed E-state index contributed by atoms with van der Waals surface area (Å²) in [7, 11) is -0.603. The second-order valence-electron chi connectivity index (χ2n) is 8.08. The minimum absolute atomic E-state index is 0.00699. The van der Waals surface area contributed by atoms with E-state index in [1.807, 2.05) is 11.8 Å². The Morgan fingerprint density at radius 2 is 2.03 bits per heavy atom. The first-order valence-corrected chi connectivity index (χ1v) is 11.8. The molecule has 9 nitrogen and oxygen atoms in total. The molecule has 2 fully saturated rings. The minimum Gasteiger partial charge on any atom is -0.377 e. The van der Waals surface area contributed by atoms with Gasteiger partial charge in [-0.25, -0.2) is 23.4 Å². The van der Waals surface area contributed by atoms with Gasteiger partial charge in [0.25, 0.3) is 5.91 Å². The normalized spacial score (nSPS) is 20.4. The maximum atomic E-state index is 13.5. The lowest BCUT2D eigenvalue weighted by molar-refractivity contribution is 0.0827. The number of morpholine rings is 1. The summed E-state index contributed by atoms with van der Waals surface area (Å²) in [5.74, 6) is 0.344. The van der Waals surface area contributed by atoms with Crippen LogP contribution in [0, 0.1) is 0 Å². The SMILES string of the molecule is C[C@H]1COCCN1c1cc(C2(S(=O)(=O)c3ccc(C(=O)N(C)C)cn3)CC2)nc(Cl)n1. The number of amides is 1. The summed E-state index contributed by atoms with van der Waals surface area (Å²) >= 11 is 6.20. The first-order valence-electron chi connectivity index (χ1n) is 9.97. The van der Waals surface area contributed by atoms with E-state index in [2.05, 4.69) is 15.0 Å². The summed E-state index contributed by atoms with van der Waals surface area (Å²) in [6.07, 6.45) is 2.13. The molecule has 0 N–H and O–H groups in total. The largest absolute Gasteiger partial charge is 0.377 e. The molecule has 0 unspecified atom stereocenters. The molecule has 2 aliphatic rings. The maximum Gasteiger partial charge on any atom is 0.254 e. The minimum atomic E-state index is -3.85. The average Bonchev–Trinajstić information content (AvgIpc) is 3.56. The van der Waals surface area contributed by atoms with E-state index in [1.54, 1.807) is 20.2 Å². The van der Waals surface area contributed by atoms with Gasteiger partial charge in [-0.05, 0) is 43.5 Å². The predicted octanol–water partition coefficient (Wildman–Crippen LogP) is 1.91. The van der Waals surface area contributed by atoms with Crippen LogP contribution in [-0.2, 0) is 19.3 Å². The summed E-state index contributed by atoms with van der Waals surface area (Å²) in [5.41, 5.74) is 0.693. The van der Waals surface area contributed by atoms with E-state index >= 15 is 0 Å². The Balaban J connectivity index is 1.69. The third-order valence-electron chi connectivity index (χ3n) is 5.70. The van der Waals surface area contributed by atoms with E-state index in [-0.39, 0.29) is 22.3 Å². The van der Waals surface area contributed by atoms with Crippen LogP contribution in [0.3, 0.4) is 0 Å². The Hall–Kier alpha value is -2.30. The zero-order chi connectivity index (χ0) is 22.4. The van der Waals surface area contributed by atoms with E-state index in [0.717, 1.165) is 0 Å². The van der Waals surface area contributed by atoms with Crippen LogP contribution in [0.4, 0.5) is 5.82 Å². The lowest BCUT2D eigenvalue weighted by atomic mass is 10.2. The quantitative estimate of drug-likeness (QED) is 0.616. The van der Waals surface area contributed by atoms with Gasteiger partial charge in [-0.15, -0.1) is 0 Å². The van der Waals surface area contributed by atoms with Crippen LogP contribution in [0.15, 0.2) is 29.4 Å². The van der Waals surface area contributed by atoms with Gasteiger partial charge in [-0.2, -0.15) is 0 Å². The van der Waals surface area contributed by atoms with Crippen LogP contribution in [0.5, 0.6) is 0 Å². The Bertz CT molecular complexity index is 1100. The van der Waals surface area contributed by atoms with Gasteiger partial charge in [0, 0.05) is 32.9 Å². The predicted molar refractivity (Wildman–Crippen MR) is 115 cm³/mol. The molecule has 1 saturated carbocycles. The topological polar surface area (TPSA) is 106 Å². The van der Waals surface area contributed by atoms with E-state index in [1.165, 1.54) is 23.2 Å². The summed E-state index contributed by atoms with van der Waals surface area (Å²) in [6, 6.07) is 4.65. The molecular formula is C20H24ClN5O4S. The summed E-state index contributed by atoms with van der Waals surface area (Å²) in [6.45, 7) is 3.77. The van der Waals surface area contributed by atoms with Gasteiger partial charge in [0.15, 0.2) is 5.03 Å². The van der Waals surface area contributed by atoms with Crippen LogP contribution in [0.2, 0.25) is 5.28 Å². The molecule has 1 amide bonds. The fourth-order valence-electron chi connectivity index (χ4n) is 3.75. The van der Waals surface area contributed by atoms with Crippen molar-refractivity contribution in [1.82, 2.24) is 19.9 Å². The van der Waals surface area contributed by atoms with Gasteiger partial charge in [-0.3, -0.25) is 4.79 Å². The fraction of sp³-hybridized carbons (Fsp3) is 0.500. The highest BCUT2D eigenvalue weighted by Gasteiger charge is 2.58. The number of sulfone groups is 1. The number of hydrogen-bond acceptors (Lipinski definition) is 8. The number of halogens is 1. The second-order valence-corrected chi connectivity index (χ2v) is 10.6. The number of nitrogens with zero attached hydrogens (tertiary/aromatic N) is 5. The number of carbonyl (C=O) groups excluding carboxylic acids is 1. The van der Waals surface area contributed by atoms with Crippen molar-refractivity contribution in [3.8, 4) is 0 Å². The molecule has 2 aromatic heterocycles. The molecular weight excluding hydrogens is 442 g/mol. The number of rotatable bonds is 5. The Labute approximate surface area is 186 Å². The van der Waals surface area contributed by atoms with Crippen molar-refractivity contribution in [3.63, 3.8) is 0 Å². The maximum absolute atomic E-state index is 13.5. The highest BCUT2D eigenvalue weighted by atomic mass is 35.5. The average molecular weight is 466 g/mol. The Morgan fingerprint density at radius 3 is 2.61 bits per heavy atom. The van der Waals surface area contributed by atoms with Crippen LogP contribution in [0.1, 0.15) is 35.8 Å². The molecule has 0 spiro atoms. The van der Waals surface area contributed by atoms with Gasteiger partial charge < -0.3 is 14.5 Å². The Morgan fingerprint density at radius 1 is 1.29 bits per heavy atom. The summed E-state index contributed by atoms with van der Waals surface area (Å²) in [4.78, 5) is 28.2. The number of ether oxygens (including phenoxy) is 1. The Kier molecular flexibility index (Phi) is 5.65. The molecule has 1 aliphatic heterocycles.